The van der Waals surface area contributed by atoms with E-state index in [9.17, 15) is 10.2 Å². The van der Waals surface area contributed by atoms with E-state index in [4.69, 9.17) is 12.2 Å². The number of aromatic amines is 1. The van der Waals surface area contributed by atoms with Crippen LogP contribution in [0.25, 0.3) is 11.4 Å². The third-order valence-corrected chi connectivity index (χ3v) is 3.14. The summed E-state index contributed by atoms with van der Waals surface area (Å²) in [6.07, 6.45) is 2.20. The number of nitrogens with zero attached hydrogens (tertiary/aromatic N) is 2. The molecule has 1 saturated carbocycles. The number of nitrogens with one attached hydrogen (secondary N) is 1. The molecule has 17 heavy (non-hydrogen) atoms. The van der Waals surface area contributed by atoms with E-state index < -0.39 is 0 Å². The van der Waals surface area contributed by atoms with Crippen LogP contribution in [-0.4, -0.2) is 25.0 Å². The van der Waals surface area contributed by atoms with Crippen molar-refractivity contribution < 1.29 is 10.2 Å². The number of phenolic OH excluding ortho intramolecular Hbond substituents is 2. The molecular weight excluding hydrogens is 238 g/mol. The Morgan fingerprint density at radius 2 is 2.06 bits per heavy atom. The molecular formula is C11H11N3O2S. The molecule has 2 aromatic rings. The molecule has 5 nitrogen and oxygen atoms in total. The Morgan fingerprint density at radius 1 is 1.29 bits per heavy atom. The molecule has 1 aliphatic rings. The first-order valence-corrected chi connectivity index (χ1v) is 5.77. The average molecular weight is 249 g/mol. The zero-order valence-corrected chi connectivity index (χ0v) is 9.74. The van der Waals surface area contributed by atoms with Gasteiger partial charge in [-0.3, -0.25) is 9.67 Å². The molecule has 0 unspecified atom stereocenters. The van der Waals surface area contributed by atoms with Gasteiger partial charge in [0.2, 0.25) is 0 Å². The lowest BCUT2D eigenvalue weighted by Gasteiger charge is -2.05. The molecule has 1 aliphatic carbocycles. The van der Waals surface area contributed by atoms with Gasteiger partial charge in [0.25, 0.3) is 0 Å². The number of hydrogen-bond acceptors (Lipinski definition) is 4. The van der Waals surface area contributed by atoms with Crippen LogP contribution in [0.2, 0.25) is 0 Å². The van der Waals surface area contributed by atoms with Crippen LogP contribution in [0.3, 0.4) is 0 Å². The fraction of sp³-hybridized carbons (Fsp3) is 0.273. The predicted molar refractivity (Wildman–Crippen MR) is 64.4 cm³/mol. The lowest BCUT2D eigenvalue weighted by molar-refractivity contribution is 0.404. The summed E-state index contributed by atoms with van der Waals surface area (Å²) in [6, 6.07) is 5.05. The van der Waals surface area contributed by atoms with E-state index >= 15 is 0 Å². The van der Waals surface area contributed by atoms with Gasteiger partial charge in [0.05, 0.1) is 0 Å². The van der Waals surface area contributed by atoms with Crippen LogP contribution in [0.1, 0.15) is 18.9 Å². The third-order valence-electron chi connectivity index (χ3n) is 2.85. The van der Waals surface area contributed by atoms with Crippen LogP contribution in [0.5, 0.6) is 11.5 Å². The van der Waals surface area contributed by atoms with Crippen LogP contribution in [0.4, 0.5) is 0 Å². The molecule has 3 N–H and O–H groups in total. The molecule has 0 atom stereocenters. The van der Waals surface area contributed by atoms with E-state index in [-0.39, 0.29) is 11.5 Å². The van der Waals surface area contributed by atoms with E-state index in [2.05, 4.69) is 10.2 Å². The minimum atomic E-state index is -0.154. The number of hydrogen-bond donors (Lipinski definition) is 3. The van der Waals surface area contributed by atoms with Gasteiger partial charge < -0.3 is 10.2 Å². The molecule has 88 valence electrons. The number of benzene rings is 1. The van der Waals surface area contributed by atoms with Crippen molar-refractivity contribution in [1.29, 1.82) is 0 Å². The van der Waals surface area contributed by atoms with Gasteiger partial charge in [-0.1, -0.05) is 0 Å². The summed E-state index contributed by atoms with van der Waals surface area (Å²) >= 11 is 5.18. The summed E-state index contributed by atoms with van der Waals surface area (Å²) in [4.78, 5) is 0. The van der Waals surface area contributed by atoms with Gasteiger partial charge in [0.15, 0.2) is 22.1 Å². The van der Waals surface area contributed by atoms with Gasteiger partial charge in [-0.25, -0.2) is 0 Å². The third kappa shape index (κ3) is 1.70. The smallest absolute Gasteiger partial charge is 0.195 e. The Morgan fingerprint density at radius 3 is 2.71 bits per heavy atom. The average Bonchev–Trinajstić information content (AvgIpc) is 3.06. The highest BCUT2D eigenvalue weighted by Gasteiger charge is 2.27. The van der Waals surface area contributed by atoms with Crippen molar-refractivity contribution in [3.63, 3.8) is 0 Å². The molecule has 1 aromatic heterocycles. The largest absolute Gasteiger partial charge is 0.504 e. The minimum absolute atomic E-state index is 0.138. The quantitative estimate of drug-likeness (QED) is 0.564. The molecule has 1 heterocycles. The Labute approximate surface area is 102 Å². The van der Waals surface area contributed by atoms with Crippen molar-refractivity contribution in [1.82, 2.24) is 14.8 Å². The van der Waals surface area contributed by atoms with Gasteiger partial charge in [0.1, 0.15) is 0 Å². The summed E-state index contributed by atoms with van der Waals surface area (Å²) in [6.45, 7) is 0. The Balaban J connectivity index is 2.14. The topological polar surface area (TPSA) is 74.1 Å². The maximum Gasteiger partial charge on any atom is 0.195 e. The number of H-pyrrole nitrogens is 1. The fourth-order valence-electron chi connectivity index (χ4n) is 1.84. The number of aromatic hydroxyl groups is 2. The zero-order chi connectivity index (χ0) is 12.0. The molecule has 0 bridgehead atoms. The van der Waals surface area contributed by atoms with Crippen molar-refractivity contribution in [3.8, 4) is 22.9 Å². The number of rotatable bonds is 2. The predicted octanol–water partition coefficient (Wildman–Crippen LogP) is 2.35. The number of aromatic nitrogens is 3. The summed E-state index contributed by atoms with van der Waals surface area (Å²) < 4.78 is 2.55. The summed E-state index contributed by atoms with van der Waals surface area (Å²) in [7, 11) is 0. The molecule has 0 amide bonds. The monoisotopic (exact) mass is 249 g/mol. The van der Waals surface area contributed by atoms with Gasteiger partial charge in [-0.15, -0.1) is 0 Å². The maximum atomic E-state index is 9.49. The van der Waals surface area contributed by atoms with Crippen molar-refractivity contribution in [2.75, 3.05) is 0 Å². The molecule has 6 heteroatoms. The number of phenols is 2. The van der Waals surface area contributed by atoms with Crippen molar-refractivity contribution in [2.24, 2.45) is 0 Å². The highest BCUT2D eigenvalue weighted by molar-refractivity contribution is 7.71. The lowest BCUT2D eigenvalue weighted by Crippen LogP contribution is -1.97. The summed E-state index contributed by atoms with van der Waals surface area (Å²) in [5.41, 5.74) is 0.736. The van der Waals surface area contributed by atoms with E-state index in [0.29, 0.717) is 16.6 Å². The molecule has 1 aromatic carbocycles. The molecule has 0 radical (unpaired) electrons. The SMILES string of the molecule is Oc1ccc(-c2n[nH]c(=S)n2C2CC2)cc1O. The second kappa shape index (κ2) is 3.59. The maximum absolute atomic E-state index is 9.49. The van der Waals surface area contributed by atoms with Crippen LogP contribution in [-0.2, 0) is 0 Å². The van der Waals surface area contributed by atoms with Crippen LogP contribution in [0, 0.1) is 4.77 Å². The first-order valence-electron chi connectivity index (χ1n) is 5.36. The normalized spacial score (nSPS) is 15.1. The van der Waals surface area contributed by atoms with E-state index in [1.165, 1.54) is 12.1 Å². The molecule has 0 aliphatic heterocycles. The van der Waals surface area contributed by atoms with Gasteiger partial charge in [-0.2, -0.15) is 5.10 Å². The zero-order valence-electron chi connectivity index (χ0n) is 8.92. The highest BCUT2D eigenvalue weighted by atomic mass is 32.1. The second-order valence-corrected chi connectivity index (χ2v) is 4.54. The minimum Gasteiger partial charge on any atom is -0.504 e. The van der Waals surface area contributed by atoms with Crippen molar-refractivity contribution in [3.05, 3.63) is 23.0 Å². The Kier molecular flexibility index (Phi) is 2.19. The van der Waals surface area contributed by atoms with Crippen LogP contribution < -0.4 is 0 Å². The second-order valence-electron chi connectivity index (χ2n) is 4.16. The molecule has 0 saturated heterocycles. The first kappa shape index (κ1) is 10.3. The first-order chi connectivity index (χ1) is 8.16. The Bertz CT molecular complexity index is 628. The molecule has 1 fully saturated rings. The summed E-state index contributed by atoms with van der Waals surface area (Å²) in [5.74, 6) is 0.410. The van der Waals surface area contributed by atoms with Gasteiger partial charge in [0, 0.05) is 11.6 Å². The van der Waals surface area contributed by atoms with Crippen LogP contribution in [0.15, 0.2) is 18.2 Å². The Hall–Kier alpha value is -1.82. The fourth-order valence-corrected chi connectivity index (χ4v) is 2.12. The van der Waals surface area contributed by atoms with Crippen LogP contribution >= 0.6 is 12.2 Å². The standard InChI is InChI=1S/C11H11N3O2S/c15-8-4-1-6(5-9(8)16)10-12-13-11(17)14(10)7-2-3-7/h1,4-5,7,15-16H,2-3H2,(H,13,17). The van der Waals surface area contributed by atoms with E-state index in [1.807, 2.05) is 4.57 Å². The highest BCUT2D eigenvalue weighted by Crippen LogP contribution is 2.39. The van der Waals surface area contributed by atoms with E-state index in [0.717, 1.165) is 18.4 Å². The lowest BCUT2D eigenvalue weighted by atomic mass is 10.2. The van der Waals surface area contributed by atoms with Crippen molar-refractivity contribution in [2.45, 2.75) is 18.9 Å². The van der Waals surface area contributed by atoms with Gasteiger partial charge >= 0.3 is 0 Å². The van der Waals surface area contributed by atoms with Gasteiger partial charge in [-0.05, 0) is 43.3 Å². The van der Waals surface area contributed by atoms with Crippen molar-refractivity contribution >= 4 is 12.2 Å². The van der Waals surface area contributed by atoms with E-state index in [1.54, 1.807) is 6.07 Å². The summed E-state index contributed by atoms with van der Waals surface area (Å²) in [5, 5.41) is 25.7. The molecule has 3 rings (SSSR count). The molecule has 0 spiro atoms.